The number of rotatable bonds is 4. The lowest BCUT2D eigenvalue weighted by Gasteiger charge is -2.29. The molecule has 0 unspecified atom stereocenters. The Morgan fingerprint density at radius 1 is 1.25 bits per heavy atom. The number of nitrogens with one attached hydrogen (secondary N) is 1. The number of hydrogen-bond acceptors (Lipinski definition) is 2. The Morgan fingerprint density at radius 2 is 2.06 bits per heavy atom. The van der Waals surface area contributed by atoms with Crippen molar-refractivity contribution in [2.45, 2.75) is 19.3 Å². The molecule has 1 N–H and O–H groups in total. The largest absolute Gasteiger partial charge is 0.382 e. The smallest absolute Gasteiger partial charge is 0.0386 e. The molecule has 0 radical (unpaired) electrons. The molecular formula is C14H20N2. The van der Waals surface area contributed by atoms with Gasteiger partial charge < -0.3 is 10.2 Å². The van der Waals surface area contributed by atoms with E-state index < -0.39 is 0 Å². The van der Waals surface area contributed by atoms with Crippen LogP contribution in [0.15, 0.2) is 36.9 Å². The van der Waals surface area contributed by atoms with Gasteiger partial charge in [0.05, 0.1) is 0 Å². The average Bonchev–Trinajstić information content (AvgIpc) is 2.38. The Kier molecular flexibility index (Phi) is 3.86. The second-order valence-electron chi connectivity index (χ2n) is 4.27. The lowest BCUT2D eigenvalue weighted by Crippen LogP contribution is -2.29. The molecule has 0 amide bonds. The molecule has 1 aliphatic heterocycles. The van der Waals surface area contributed by atoms with Crippen LogP contribution in [0, 0.1) is 0 Å². The summed E-state index contributed by atoms with van der Waals surface area (Å²) in [7, 11) is 0. The Hall–Kier alpha value is -1.44. The van der Waals surface area contributed by atoms with E-state index >= 15 is 0 Å². The van der Waals surface area contributed by atoms with Crippen molar-refractivity contribution >= 4 is 11.4 Å². The summed E-state index contributed by atoms with van der Waals surface area (Å²) in [6.07, 6.45) is 5.91. The molecule has 0 aromatic heterocycles. The summed E-state index contributed by atoms with van der Waals surface area (Å²) >= 11 is 0. The first-order valence-corrected chi connectivity index (χ1v) is 6.10. The van der Waals surface area contributed by atoms with Crippen LogP contribution in [-0.4, -0.2) is 19.6 Å². The maximum Gasteiger partial charge on any atom is 0.0386 e. The Balaban J connectivity index is 2.05. The highest BCUT2D eigenvalue weighted by atomic mass is 15.1. The molecule has 86 valence electrons. The van der Waals surface area contributed by atoms with Gasteiger partial charge in [-0.15, -0.1) is 6.58 Å². The zero-order valence-electron chi connectivity index (χ0n) is 9.78. The van der Waals surface area contributed by atoms with Gasteiger partial charge in [-0.3, -0.25) is 0 Å². The van der Waals surface area contributed by atoms with Crippen molar-refractivity contribution in [2.24, 2.45) is 0 Å². The summed E-state index contributed by atoms with van der Waals surface area (Å²) in [5, 5.41) is 3.33. The average molecular weight is 216 g/mol. The molecule has 0 bridgehead atoms. The number of nitrogens with zero attached hydrogens (tertiary/aromatic N) is 1. The molecule has 2 nitrogen and oxygen atoms in total. The molecule has 1 aromatic carbocycles. The lowest BCUT2D eigenvalue weighted by molar-refractivity contribution is 0.578. The molecule has 16 heavy (non-hydrogen) atoms. The summed E-state index contributed by atoms with van der Waals surface area (Å²) in [6, 6.07) is 8.66. The van der Waals surface area contributed by atoms with Crippen molar-refractivity contribution in [3.63, 3.8) is 0 Å². The van der Waals surface area contributed by atoms with Crippen LogP contribution in [0.25, 0.3) is 0 Å². The highest BCUT2D eigenvalue weighted by Gasteiger charge is 2.10. The van der Waals surface area contributed by atoms with E-state index in [1.54, 1.807) is 0 Å². The van der Waals surface area contributed by atoms with Crippen LogP contribution < -0.4 is 10.2 Å². The molecule has 0 aliphatic carbocycles. The van der Waals surface area contributed by atoms with Gasteiger partial charge in [-0.05, 0) is 37.5 Å². The second-order valence-corrected chi connectivity index (χ2v) is 4.27. The van der Waals surface area contributed by atoms with Gasteiger partial charge >= 0.3 is 0 Å². The molecule has 2 heteroatoms. The standard InChI is InChI=1S/C14H20N2/c1-2-9-15-13-7-6-8-14(12-13)16-10-4-3-5-11-16/h2,6-8,12,15H,1,3-5,9-11H2. The summed E-state index contributed by atoms with van der Waals surface area (Å²) in [6.45, 7) is 6.94. The molecule has 0 atom stereocenters. The van der Waals surface area contributed by atoms with Gasteiger partial charge in [0.2, 0.25) is 0 Å². The SMILES string of the molecule is C=CCNc1cccc(N2CCCCC2)c1. The zero-order valence-corrected chi connectivity index (χ0v) is 9.78. The van der Waals surface area contributed by atoms with E-state index in [9.17, 15) is 0 Å². The van der Waals surface area contributed by atoms with Gasteiger partial charge in [0.1, 0.15) is 0 Å². The van der Waals surface area contributed by atoms with E-state index in [0.717, 1.165) is 6.54 Å². The van der Waals surface area contributed by atoms with E-state index in [-0.39, 0.29) is 0 Å². The van der Waals surface area contributed by atoms with Crippen LogP contribution >= 0.6 is 0 Å². The fraction of sp³-hybridized carbons (Fsp3) is 0.429. The van der Waals surface area contributed by atoms with Crippen LogP contribution in [0.4, 0.5) is 11.4 Å². The van der Waals surface area contributed by atoms with Crippen molar-refractivity contribution < 1.29 is 0 Å². The van der Waals surface area contributed by atoms with Gasteiger partial charge in [-0.2, -0.15) is 0 Å². The van der Waals surface area contributed by atoms with E-state index in [4.69, 9.17) is 0 Å². The Morgan fingerprint density at radius 3 is 2.81 bits per heavy atom. The minimum atomic E-state index is 0.823. The Bertz CT molecular complexity index is 340. The summed E-state index contributed by atoms with van der Waals surface area (Å²) in [4.78, 5) is 2.47. The molecule has 1 fully saturated rings. The van der Waals surface area contributed by atoms with Gasteiger partial charge in [0, 0.05) is 31.0 Å². The van der Waals surface area contributed by atoms with Crippen molar-refractivity contribution in [1.82, 2.24) is 0 Å². The highest BCUT2D eigenvalue weighted by Crippen LogP contribution is 2.22. The third-order valence-corrected chi connectivity index (χ3v) is 3.02. The van der Waals surface area contributed by atoms with Crippen LogP contribution in [0.2, 0.25) is 0 Å². The maximum absolute atomic E-state index is 3.72. The topological polar surface area (TPSA) is 15.3 Å². The normalized spacial score (nSPS) is 15.9. The first-order chi connectivity index (χ1) is 7.90. The van der Waals surface area contributed by atoms with E-state index in [1.807, 2.05) is 6.08 Å². The lowest BCUT2D eigenvalue weighted by atomic mass is 10.1. The fourth-order valence-electron chi connectivity index (χ4n) is 2.15. The number of benzene rings is 1. The van der Waals surface area contributed by atoms with Gasteiger partial charge in [0.15, 0.2) is 0 Å². The molecular weight excluding hydrogens is 196 g/mol. The van der Waals surface area contributed by atoms with Gasteiger partial charge in [-0.25, -0.2) is 0 Å². The quantitative estimate of drug-likeness (QED) is 0.777. The third kappa shape index (κ3) is 2.78. The van der Waals surface area contributed by atoms with E-state index in [0.29, 0.717) is 0 Å². The number of hydrogen-bond donors (Lipinski definition) is 1. The molecule has 1 aromatic rings. The summed E-state index contributed by atoms with van der Waals surface area (Å²) < 4.78 is 0. The highest BCUT2D eigenvalue weighted by molar-refractivity contribution is 5.58. The number of piperidine rings is 1. The van der Waals surface area contributed by atoms with Crippen molar-refractivity contribution in [1.29, 1.82) is 0 Å². The number of anilines is 2. The zero-order chi connectivity index (χ0) is 11.2. The fourth-order valence-corrected chi connectivity index (χ4v) is 2.15. The van der Waals surface area contributed by atoms with Crippen LogP contribution in [0.5, 0.6) is 0 Å². The van der Waals surface area contributed by atoms with E-state index in [2.05, 4.69) is 41.1 Å². The molecule has 0 spiro atoms. The molecule has 1 aliphatic rings. The summed E-state index contributed by atoms with van der Waals surface area (Å²) in [5.74, 6) is 0. The summed E-state index contributed by atoms with van der Waals surface area (Å²) in [5.41, 5.74) is 2.52. The minimum Gasteiger partial charge on any atom is -0.382 e. The van der Waals surface area contributed by atoms with Gasteiger partial charge in [-0.1, -0.05) is 12.1 Å². The minimum absolute atomic E-state index is 0.823. The molecule has 2 rings (SSSR count). The molecule has 1 saturated heterocycles. The van der Waals surface area contributed by atoms with Crippen LogP contribution in [0.3, 0.4) is 0 Å². The molecule has 1 heterocycles. The van der Waals surface area contributed by atoms with E-state index in [1.165, 1.54) is 43.7 Å². The van der Waals surface area contributed by atoms with Crippen LogP contribution in [-0.2, 0) is 0 Å². The van der Waals surface area contributed by atoms with Crippen LogP contribution in [0.1, 0.15) is 19.3 Å². The monoisotopic (exact) mass is 216 g/mol. The predicted octanol–water partition coefficient (Wildman–Crippen LogP) is 3.27. The third-order valence-electron chi connectivity index (χ3n) is 3.02. The second kappa shape index (κ2) is 5.59. The first kappa shape index (κ1) is 11.1. The van der Waals surface area contributed by atoms with Gasteiger partial charge in [0.25, 0.3) is 0 Å². The maximum atomic E-state index is 3.72. The first-order valence-electron chi connectivity index (χ1n) is 6.10. The Labute approximate surface area is 98.0 Å². The van der Waals surface area contributed by atoms with Crippen molar-refractivity contribution in [2.75, 3.05) is 29.9 Å². The molecule has 0 saturated carbocycles. The van der Waals surface area contributed by atoms with Crippen molar-refractivity contribution in [3.8, 4) is 0 Å². The van der Waals surface area contributed by atoms with Crippen molar-refractivity contribution in [3.05, 3.63) is 36.9 Å². The predicted molar refractivity (Wildman–Crippen MR) is 71.2 cm³/mol.